The highest BCUT2D eigenvalue weighted by molar-refractivity contribution is 8.00. The van der Waals surface area contributed by atoms with Crippen LogP contribution in [0.25, 0.3) is 4.91 Å². The number of sulfone groups is 1. The van der Waals surface area contributed by atoms with Crippen molar-refractivity contribution in [2.45, 2.75) is 57.3 Å². The summed E-state index contributed by atoms with van der Waals surface area (Å²) in [5.41, 5.74) is 2.21. The van der Waals surface area contributed by atoms with E-state index in [1.54, 1.807) is 24.3 Å². The summed E-state index contributed by atoms with van der Waals surface area (Å²) in [6.07, 6.45) is 0.763. The van der Waals surface area contributed by atoms with E-state index < -0.39 is 15.8 Å². The smallest absolute Gasteiger partial charge is 0.329 e. The van der Waals surface area contributed by atoms with Crippen molar-refractivity contribution in [3.63, 3.8) is 0 Å². The predicted octanol–water partition coefficient (Wildman–Crippen LogP) is 5.18. The molecule has 0 aliphatic heterocycles. The van der Waals surface area contributed by atoms with E-state index in [4.69, 9.17) is 0 Å². The Kier molecular flexibility index (Phi) is 5.90. The molecule has 5 heteroatoms. The summed E-state index contributed by atoms with van der Waals surface area (Å²) in [5.74, 6) is -1.30. The van der Waals surface area contributed by atoms with Gasteiger partial charge in [-0.25, -0.2) is 13.2 Å². The molecule has 0 spiro atoms. The van der Waals surface area contributed by atoms with Crippen LogP contribution in [0.4, 0.5) is 0 Å². The molecule has 4 nitrogen and oxygen atoms in total. The highest BCUT2D eigenvalue weighted by atomic mass is 32.2. The minimum atomic E-state index is -3.98. The standard InChI is InChI=1S/C23H28O4S/c1-22(2,3)17-9-7-16(8-10-17)20(15-21(24)25)28(26,27)19-13-11-18(12-14-19)23(4,5)6/h7-15H,1-6H3,(H,24,25)/b20-15+. The molecule has 0 heterocycles. The minimum absolute atomic E-state index is 0.0768. The SMILES string of the molecule is CC(C)(C)c1ccc(/C(=C\C(=O)O)S(=O)(=O)c2ccc(C(C)(C)C)cc2)cc1. The first kappa shape index (κ1) is 21.9. The lowest BCUT2D eigenvalue weighted by atomic mass is 9.87. The normalized spacial score (nSPS) is 13.4. The Morgan fingerprint density at radius 2 is 1.18 bits per heavy atom. The molecule has 0 bridgehead atoms. The minimum Gasteiger partial charge on any atom is -0.478 e. The van der Waals surface area contributed by atoms with Crippen LogP contribution in [0.5, 0.6) is 0 Å². The van der Waals surface area contributed by atoms with Crippen LogP contribution in [0.2, 0.25) is 0 Å². The molecule has 2 aromatic rings. The average molecular weight is 401 g/mol. The van der Waals surface area contributed by atoms with Gasteiger partial charge in [0, 0.05) is 6.08 Å². The molecular formula is C23H28O4S. The second-order valence-corrected chi connectivity index (χ2v) is 10.9. The number of aliphatic carboxylic acids is 1. The second kappa shape index (κ2) is 7.55. The van der Waals surface area contributed by atoms with E-state index >= 15 is 0 Å². The second-order valence-electron chi connectivity index (χ2n) is 8.95. The van der Waals surface area contributed by atoms with Gasteiger partial charge >= 0.3 is 5.97 Å². The van der Waals surface area contributed by atoms with Crippen molar-refractivity contribution >= 4 is 20.7 Å². The summed E-state index contributed by atoms with van der Waals surface area (Å²) < 4.78 is 26.4. The third-order valence-electron chi connectivity index (χ3n) is 4.61. The quantitative estimate of drug-likeness (QED) is 0.718. The lowest BCUT2D eigenvalue weighted by Crippen LogP contribution is -2.12. The molecule has 0 fully saturated rings. The van der Waals surface area contributed by atoms with Crippen LogP contribution in [0.3, 0.4) is 0 Å². The third-order valence-corrected chi connectivity index (χ3v) is 6.44. The predicted molar refractivity (Wildman–Crippen MR) is 113 cm³/mol. The summed E-state index contributed by atoms with van der Waals surface area (Å²) in [5, 5.41) is 9.25. The van der Waals surface area contributed by atoms with Crippen LogP contribution in [0.15, 0.2) is 59.5 Å². The summed E-state index contributed by atoms with van der Waals surface area (Å²) in [7, 11) is -3.98. The van der Waals surface area contributed by atoms with E-state index in [0.29, 0.717) is 5.56 Å². The lowest BCUT2D eigenvalue weighted by Gasteiger charge is -2.20. The molecular weight excluding hydrogens is 372 g/mol. The Labute approximate surface area is 167 Å². The topological polar surface area (TPSA) is 71.4 Å². The summed E-state index contributed by atoms with van der Waals surface area (Å²) in [6.45, 7) is 12.3. The fourth-order valence-corrected chi connectivity index (χ4v) is 4.27. The maximum atomic E-state index is 13.2. The van der Waals surface area contributed by atoms with Gasteiger partial charge in [-0.15, -0.1) is 0 Å². The number of hydrogen-bond acceptors (Lipinski definition) is 3. The van der Waals surface area contributed by atoms with Crippen LogP contribution < -0.4 is 0 Å². The molecule has 150 valence electrons. The van der Waals surface area contributed by atoms with Crippen LogP contribution in [0.1, 0.15) is 58.2 Å². The Morgan fingerprint density at radius 3 is 1.54 bits per heavy atom. The zero-order valence-corrected chi connectivity index (χ0v) is 18.1. The molecule has 2 rings (SSSR count). The van der Waals surface area contributed by atoms with Crippen molar-refractivity contribution in [1.29, 1.82) is 0 Å². The van der Waals surface area contributed by atoms with Gasteiger partial charge in [0.05, 0.1) is 9.80 Å². The van der Waals surface area contributed by atoms with Gasteiger partial charge in [-0.1, -0.05) is 77.9 Å². The lowest BCUT2D eigenvalue weighted by molar-refractivity contribution is -0.131. The van der Waals surface area contributed by atoms with Crippen molar-refractivity contribution in [3.8, 4) is 0 Å². The highest BCUT2D eigenvalue weighted by Gasteiger charge is 2.25. The Morgan fingerprint density at radius 1 is 0.786 bits per heavy atom. The van der Waals surface area contributed by atoms with Crippen molar-refractivity contribution in [2.75, 3.05) is 0 Å². The van der Waals surface area contributed by atoms with Crippen molar-refractivity contribution in [2.24, 2.45) is 0 Å². The fourth-order valence-electron chi connectivity index (χ4n) is 2.82. The van der Waals surface area contributed by atoms with E-state index in [1.807, 2.05) is 32.9 Å². The Bertz CT molecular complexity index is 983. The van der Waals surface area contributed by atoms with E-state index in [9.17, 15) is 18.3 Å². The van der Waals surface area contributed by atoms with Crippen LogP contribution in [-0.4, -0.2) is 19.5 Å². The maximum Gasteiger partial charge on any atom is 0.329 e. The van der Waals surface area contributed by atoms with Gasteiger partial charge in [0.2, 0.25) is 9.84 Å². The van der Waals surface area contributed by atoms with Crippen LogP contribution in [0, 0.1) is 0 Å². The third kappa shape index (κ3) is 4.90. The molecule has 28 heavy (non-hydrogen) atoms. The molecule has 0 unspecified atom stereocenters. The van der Waals surface area contributed by atoms with Crippen molar-refractivity contribution in [1.82, 2.24) is 0 Å². The van der Waals surface area contributed by atoms with Gasteiger partial charge < -0.3 is 5.11 Å². The number of hydrogen-bond donors (Lipinski definition) is 1. The van der Waals surface area contributed by atoms with Crippen molar-refractivity contribution < 1.29 is 18.3 Å². The van der Waals surface area contributed by atoms with Crippen molar-refractivity contribution in [3.05, 3.63) is 71.3 Å². The first-order chi connectivity index (χ1) is 12.7. The van der Waals surface area contributed by atoms with Crippen LogP contribution >= 0.6 is 0 Å². The molecule has 0 atom stereocenters. The van der Waals surface area contributed by atoms with Gasteiger partial charge in [0.25, 0.3) is 0 Å². The number of carboxylic acid groups (broad SMARTS) is 1. The fraction of sp³-hybridized carbons (Fsp3) is 0.348. The molecule has 0 radical (unpaired) electrons. The zero-order valence-electron chi connectivity index (χ0n) is 17.3. The molecule has 2 aromatic carbocycles. The molecule has 0 amide bonds. The van der Waals surface area contributed by atoms with E-state index in [-0.39, 0.29) is 20.6 Å². The van der Waals surface area contributed by atoms with Gasteiger partial charge in [-0.3, -0.25) is 0 Å². The van der Waals surface area contributed by atoms with Crippen LogP contribution in [-0.2, 0) is 25.5 Å². The van der Waals surface area contributed by atoms with Gasteiger partial charge in [-0.2, -0.15) is 0 Å². The summed E-state index contributed by atoms with van der Waals surface area (Å²) in [6, 6.07) is 13.6. The van der Waals surface area contributed by atoms with E-state index in [1.165, 1.54) is 12.1 Å². The molecule has 0 saturated carbocycles. The largest absolute Gasteiger partial charge is 0.478 e. The maximum absolute atomic E-state index is 13.2. The number of benzene rings is 2. The monoisotopic (exact) mass is 400 g/mol. The van der Waals surface area contributed by atoms with E-state index in [2.05, 4.69) is 20.8 Å². The molecule has 0 aliphatic rings. The molecule has 0 saturated heterocycles. The van der Waals surface area contributed by atoms with Gasteiger partial charge in [0.1, 0.15) is 0 Å². The summed E-state index contributed by atoms with van der Waals surface area (Å²) >= 11 is 0. The van der Waals surface area contributed by atoms with Gasteiger partial charge in [-0.05, 0) is 39.7 Å². The number of carbonyl (C=O) groups is 1. The summed E-state index contributed by atoms with van der Waals surface area (Å²) in [4.78, 5) is 11.2. The zero-order chi connectivity index (χ0) is 21.3. The Hall–Kier alpha value is -2.40. The number of rotatable bonds is 4. The number of carboxylic acids is 1. The first-order valence-electron chi connectivity index (χ1n) is 9.14. The first-order valence-corrected chi connectivity index (χ1v) is 10.6. The van der Waals surface area contributed by atoms with E-state index in [0.717, 1.165) is 17.2 Å². The molecule has 0 aliphatic carbocycles. The van der Waals surface area contributed by atoms with Gasteiger partial charge in [0.15, 0.2) is 0 Å². The molecule has 0 aromatic heterocycles. The highest BCUT2D eigenvalue weighted by Crippen LogP contribution is 2.31. The Balaban J connectivity index is 2.55. The molecule has 1 N–H and O–H groups in total. The average Bonchev–Trinajstić information content (AvgIpc) is 2.58.